The van der Waals surface area contributed by atoms with Crippen LogP contribution in [0.5, 0.6) is 5.75 Å². The molecule has 2 N–H and O–H groups in total. The third kappa shape index (κ3) is 2.54. The Morgan fingerprint density at radius 1 is 1.25 bits per heavy atom. The molecule has 0 saturated heterocycles. The van der Waals surface area contributed by atoms with Gasteiger partial charge in [-0.3, -0.25) is 4.79 Å². The van der Waals surface area contributed by atoms with Gasteiger partial charge in [0.1, 0.15) is 18.2 Å². The van der Waals surface area contributed by atoms with Crippen LogP contribution < -0.4 is 10.5 Å². The number of nitrogens with two attached hydrogens (primary N) is 1. The minimum atomic E-state index is -0.123. The van der Waals surface area contributed by atoms with E-state index in [1.54, 1.807) is 11.0 Å². The quantitative estimate of drug-likeness (QED) is 0.514. The van der Waals surface area contributed by atoms with Crippen LogP contribution in [-0.4, -0.2) is 33.8 Å². The Kier molecular flexibility index (Phi) is 3.80. The second-order valence-corrected chi connectivity index (χ2v) is 7.80. The monoisotopic (exact) mass is 436 g/mol. The third-order valence-electron chi connectivity index (χ3n) is 5.25. The van der Waals surface area contributed by atoms with Gasteiger partial charge in [-0.2, -0.15) is 0 Å². The lowest BCUT2D eigenvalue weighted by Crippen LogP contribution is -2.32. The van der Waals surface area contributed by atoms with Gasteiger partial charge in [0.25, 0.3) is 5.91 Å². The maximum absolute atomic E-state index is 13.2. The summed E-state index contributed by atoms with van der Waals surface area (Å²) in [5, 5.41) is 0. The number of nitrogen functional groups attached to an aromatic ring is 1. The predicted octanol–water partition coefficient (Wildman–Crippen LogP) is 4.04. The van der Waals surface area contributed by atoms with Crippen molar-refractivity contribution in [2.24, 2.45) is 0 Å². The average Bonchev–Trinajstić information content (AvgIpc) is 3.34. The van der Waals surface area contributed by atoms with Crippen molar-refractivity contribution in [3.8, 4) is 5.75 Å². The molecule has 1 aliphatic heterocycles. The molecule has 1 atom stereocenters. The topological polar surface area (TPSA) is 72.9 Å². The van der Waals surface area contributed by atoms with Crippen LogP contribution in [0.25, 0.3) is 16.6 Å². The van der Waals surface area contributed by atoms with Gasteiger partial charge in [-0.1, -0.05) is 22.0 Å². The molecular formula is C21H17BrN4O2. The second-order valence-electron chi connectivity index (χ2n) is 6.89. The normalized spacial score (nSPS) is 15.6. The van der Waals surface area contributed by atoms with Crippen molar-refractivity contribution >= 4 is 44.2 Å². The third-order valence-corrected chi connectivity index (χ3v) is 5.75. The van der Waals surface area contributed by atoms with Crippen LogP contribution in [0.2, 0.25) is 0 Å². The van der Waals surface area contributed by atoms with E-state index in [2.05, 4.69) is 20.9 Å². The molecule has 140 valence electrons. The van der Waals surface area contributed by atoms with Crippen molar-refractivity contribution in [1.82, 2.24) is 14.3 Å². The van der Waals surface area contributed by atoms with Gasteiger partial charge in [0.15, 0.2) is 0 Å². The molecule has 4 aromatic rings. The van der Waals surface area contributed by atoms with Gasteiger partial charge in [-0.25, -0.2) is 4.98 Å². The molecule has 0 saturated carbocycles. The number of likely N-dealkylation sites (N-methyl/N-ethyl adjacent to an activating group) is 1. The number of ether oxygens (including phenoxy) is 1. The van der Waals surface area contributed by atoms with Gasteiger partial charge in [0.2, 0.25) is 0 Å². The maximum atomic E-state index is 13.2. The summed E-state index contributed by atoms with van der Waals surface area (Å²) in [5.41, 5.74) is 10.1. The maximum Gasteiger partial charge on any atom is 0.254 e. The molecule has 6 nitrogen and oxygen atoms in total. The highest BCUT2D eigenvalue weighted by atomic mass is 79.9. The summed E-state index contributed by atoms with van der Waals surface area (Å²) in [5.74, 6) is 1.22. The number of aromatic nitrogens is 2. The first kappa shape index (κ1) is 17.1. The van der Waals surface area contributed by atoms with E-state index in [0.717, 1.165) is 32.3 Å². The number of carbonyl (C=O) groups is 1. The van der Waals surface area contributed by atoms with Crippen LogP contribution in [0, 0.1) is 0 Å². The zero-order valence-electron chi connectivity index (χ0n) is 15.1. The minimum Gasteiger partial charge on any atom is -0.491 e. The number of rotatable bonds is 2. The molecule has 1 amide bonds. The number of amides is 1. The molecule has 0 fully saturated rings. The Balaban J connectivity index is 1.54. The Bertz CT molecular complexity index is 1250. The zero-order valence-corrected chi connectivity index (χ0v) is 16.7. The Morgan fingerprint density at radius 3 is 2.96 bits per heavy atom. The van der Waals surface area contributed by atoms with E-state index in [1.165, 1.54) is 0 Å². The minimum absolute atomic E-state index is 0.0663. The number of carbonyl (C=O) groups excluding carboxylic acids is 1. The lowest BCUT2D eigenvalue weighted by Gasteiger charge is -2.24. The fraction of sp³-hybridized carbons (Fsp3) is 0.143. The number of fused-ring (bicyclic) bond motifs is 4. The van der Waals surface area contributed by atoms with Crippen LogP contribution in [0.4, 0.5) is 5.82 Å². The zero-order chi connectivity index (χ0) is 19.4. The van der Waals surface area contributed by atoms with Crippen LogP contribution in [0.3, 0.4) is 0 Å². The van der Waals surface area contributed by atoms with Gasteiger partial charge in [0, 0.05) is 28.8 Å². The summed E-state index contributed by atoms with van der Waals surface area (Å²) in [4.78, 5) is 19.4. The van der Waals surface area contributed by atoms with E-state index < -0.39 is 0 Å². The van der Waals surface area contributed by atoms with Crippen molar-refractivity contribution in [2.45, 2.75) is 6.04 Å². The molecule has 1 aliphatic rings. The predicted molar refractivity (Wildman–Crippen MR) is 112 cm³/mol. The molecule has 28 heavy (non-hydrogen) atoms. The van der Waals surface area contributed by atoms with Gasteiger partial charge in [0.05, 0.1) is 22.6 Å². The standard InChI is InChI=1S/C21H17BrN4O2/c1-25(18-11-28-19-10-13(22)5-6-14(18)19)21(27)12-4-7-15-17(9-12)26-8-2-3-16(26)20(23)24-15/h2-10,18H,11H2,1H3,(H2,23,24)/t18-/m1/s1. The van der Waals surface area contributed by atoms with E-state index in [-0.39, 0.29) is 11.9 Å². The van der Waals surface area contributed by atoms with Gasteiger partial charge in [-0.15, -0.1) is 0 Å². The van der Waals surface area contributed by atoms with Crippen molar-refractivity contribution < 1.29 is 9.53 Å². The van der Waals surface area contributed by atoms with Crippen LogP contribution >= 0.6 is 15.9 Å². The number of hydrogen-bond acceptors (Lipinski definition) is 4. The fourth-order valence-electron chi connectivity index (χ4n) is 3.76. The largest absolute Gasteiger partial charge is 0.491 e. The smallest absolute Gasteiger partial charge is 0.254 e. The molecule has 7 heteroatoms. The first-order chi connectivity index (χ1) is 13.5. The SMILES string of the molecule is CN(C(=O)c1ccc2nc(N)c3cccn3c2c1)[C@@H]1COc2cc(Br)ccc21. The van der Waals surface area contributed by atoms with Gasteiger partial charge in [-0.05, 0) is 42.5 Å². The lowest BCUT2D eigenvalue weighted by molar-refractivity contribution is 0.0708. The van der Waals surface area contributed by atoms with Gasteiger partial charge >= 0.3 is 0 Å². The van der Waals surface area contributed by atoms with Crippen molar-refractivity contribution in [2.75, 3.05) is 19.4 Å². The Hall–Kier alpha value is -3.06. The van der Waals surface area contributed by atoms with Crippen molar-refractivity contribution in [1.29, 1.82) is 0 Å². The summed E-state index contributed by atoms with van der Waals surface area (Å²) in [7, 11) is 1.81. The molecule has 5 rings (SSSR count). The summed E-state index contributed by atoms with van der Waals surface area (Å²) >= 11 is 3.45. The Labute approximate surface area is 169 Å². The van der Waals surface area contributed by atoms with E-state index in [1.807, 2.05) is 60.1 Å². The first-order valence-corrected chi connectivity index (χ1v) is 9.68. The van der Waals surface area contributed by atoms with E-state index >= 15 is 0 Å². The fourth-order valence-corrected chi connectivity index (χ4v) is 4.10. The van der Waals surface area contributed by atoms with Gasteiger partial charge < -0.3 is 19.8 Å². The molecule has 2 aromatic heterocycles. The summed E-state index contributed by atoms with van der Waals surface area (Å²) in [6, 6.07) is 15.1. The summed E-state index contributed by atoms with van der Waals surface area (Å²) < 4.78 is 8.69. The number of halogens is 1. The molecule has 0 aliphatic carbocycles. The number of anilines is 1. The molecule has 3 heterocycles. The first-order valence-electron chi connectivity index (χ1n) is 8.88. The van der Waals surface area contributed by atoms with E-state index in [9.17, 15) is 4.79 Å². The highest BCUT2D eigenvalue weighted by Crippen LogP contribution is 2.37. The van der Waals surface area contributed by atoms with E-state index in [4.69, 9.17) is 10.5 Å². The summed E-state index contributed by atoms with van der Waals surface area (Å²) in [6.45, 7) is 0.446. The molecular weight excluding hydrogens is 420 g/mol. The highest BCUT2D eigenvalue weighted by Gasteiger charge is 2.31. The molecule has 2 aromatic carbocycles. The average molecular weight is 437 g/mol. The van der Waals surface area contributed by atoms with Crippen LogP contribution in [-0.2, 0) is 0 Å². The number of hydrogen-bond donors (Lipinski definition) is 1. The van der Waals surface area contributed by atoms with E-state index in [0.29, 0.717) is 18.0 Å². The Morgan fingerprint density at radius 2 is 2.11 bits per heavy atom. The molecule has 0 unspecified atom stereocenters. The van der Waals surface area contributed by atoms with Crippen molar-refractivity contribution in [3.05, 3.63) is 70.3 Å². The van der Waals surface area contributed by atoms with Crippen LogP contribution in [0.1, 0.15) is 22.0 Å². The van der Waals surface area contributed by atoms with Crippen LogP contribution in [0.15, 0.2) is 59.2 Å². The number of benzene rings is 2. The number of nitrogens with zero attached hydrogens (tertiary/aromatic N) is 3. The summed E-state index contributed by atoms with van der Waals surface area (Å²) in [6.07, 6.45) is 1.92. The molecule has 0 radical (unpaired) electrons. The lowest BCUT2D eigenvalue weighted by atomic mass is 10.1. The van der Waals surface area contributed by atoms with Crippen molar-refractivity contribution in [3.63, 3.8) is 0 Å². The molecule has 0 bridgehead atoms. The highest BCUT2D eigenvalue weighted by molar-refractivity contribution is 9.10. The second kappa shape index (κ2) is 6.24. The molecule has 0 spiro atoms.